The summed E-state index contributed by atoms with van der Waals surface area (Å²) in [7, 11) is 0. The van der Waals surface area contributed by atoms with E-state index in [1.165, 1.54) is 38.5 Å². The van der Waals surface area contributed by atoms with Crippen molar-refractivity contribution in [2.75, 3.05) is 13.2 Å². The van der Waals surface area contributed by atoms with Crippen molar-refractivity contribution in [3.8, 4) is 0 Å². The summed E-state index contributed by atoms with van der Waals surface area (Å²) < 4.78 is 5.96. The molecule has 0 bridgehead atoms. The molecule has 1 aliphatic carbocycles. The maximum atomic E-state index is 12.8. The number of aromatic nitrogens is 1. The fourth-order valence-electron chi connectivity index (χ4n) is 5.50. The van der Waals surface area contributed by atoms with E-state index in [1.54, 1.807) is 6.20 Å². The van der Waals surface area contributed by atoms with Gasteiger partial charge in [0.05, 0.1) is 0 Å². The van der Waals surface area contributed by atoms with Crippen LogP contribution in [0, 0.1) is 5.92 Å². The lowest BCUT2D eigenvalue weighted by atomic mass is 9.86. The Balaban J connectivity index is 1.39. The van der Waals surface area contributed by atoms with Gasteiger partial charge >= 0.3 is 5.97 Å². The van der Waals surface area contributed by atoms with Crippen LogP contribution in [0.5, 0.6) is 0 Å². The number of ether oxygens (including phenoxy) is 1. The molecule has 7 nitrogen and oxygen atoms in total. The van der Waals surface area contributed by atoms with Gasteiger partial charge in [-0.2, -0.15) is 0 Å². The number of carboxylic acids is 1. The standard InChI is InChI=1S/C32H41N3O4/c36-30(37)19-6-2-5-16-26(25-15-11-20-33-22-25)27-17-7-8-18-28(27)32-35-29(23-39-32)31(38)34-21-10-9-14-24-12-3-1-4-13-24/h7-8,11,15-18,20,22,24,29H,1-6,9-10,12-14,19,21,23H2,(H,34,38)(H,36,37)/t29-/m0/s1. The molecular weight excluding hydrogens is 490 g/mol. The summed E-state index contributed by atoms with van der Waals surface area (Å²) in [4.78, 5) is 32.7. The van der Waals surface area contributed by atoms with Crippen molar-refractivity contribution in [1.82, 2.24) is 10.3 Å². The van der Waals surface area contributed by atoms with E-state index in [-0.39, 0.29) is 18.9 Å². The number of unbranched alkanes of at least 4 members (excludes halogenated alkanes) is 3. The number of nitrogens with zero attached hydrogens (tertiary/aromatic N) is 2. The number of aliphatic carboxylic acids is 1. The molecule has 7 heteroatoms. The summed E-state index contributed by atoms with van der Waals surface area (Å²) in [5.74, 6) is 0.497. The predicted octanol–water partition coefficient (Wildman–Crippen LogP) is 6.17. The average Bonchev–Trinajstić information content (AvgIpc) is 3.46. The summed E-state index contributed by atoms with van der Waals surface area (Å²) in [6, 6.07) is 11.3. The molecule has 1 atom stereocenters. The summed E-state index contributed by atoms with van der Waals surface area (Å²) in [5.41, 5.74) is 3.74. The zero-order valence-electron chi connectivity index (χ0n) is 22.8. The van der Waals surface area contributed by atoms with Gasteiger partial charge in [0.15, 0.2) is 6.04 Å². The number of aliphatic imine (C=N–C) groups is 1. The molecule has 1 aromatic carbocycles. The fraction of sp³-hybridized carbons (Fsp3) is 0.500. The highest BCUT2D eigenvalue weighted by Crippen LogP contribution is 2.29. The van der Waals surface area contributed by atoms with Crippen LogP contribution in [0.4, 0.5) is 0 Å². The van der Waals surface area contributed by atoms with Gasteiger partial charge in [0.1, 0.15) is 6.61 Å². The Bertz CT molecular complexity index is 1140. The third-order valence-corrected chi connectivity index (χ3v) is 7.63. The van der Waals surface area contributed by atoms with Gasteiger partial charge in [-0.3, -0.25) is 14.6 Å². The largest absolute Gasteiger partial charge is 0.481 e. The lowest BCUT2D eigenvalue weighted by molar-refractivity contribution is -0.137. The second kappa shape index (κ2) is 15.2. The van der Waals surface area contributed by atoms with Crippen LogP contribution in [0.25, 0.3) is 5.57 Å². The monoisotopic (exact) mass is 531 g/mol. The summed E-state index contributed by atoms with van der Waals surface area (Å²) in [5, 5.41) is 12.0. The molecule has 1 fully saturated rings. The minimum Gasteiger partial charge on any atom is -0.481 e. The molecule has 0 saturated heterocycles. The third kappa shape index (κ3) is 8.77. The first kappa shape index (κ1) is 28.5. The highest BCUT2D eigenvalue weighted by atomic mass is 16.5. The van der Waals surface area contributed by atoms with Crippen LogP contribution in [0.15, 0.2) is 59.9 Å². The Hall–Kier alpha value is -3.48. The van der Waals surface area contributed by atoms with Gasteiger partial charge in [-0.05, 0) is 54.9 Å². The van der Waals surface area contributed by atoms with E-state index in [1.807, 2.05) is 42.6 Å². The summed E-state index contributed by atoms with van der Waals surface area (Å²) in [6.07, 6.45) is 18.3. The van der Waals surface area contributed by atoms with Gasteiger partial charge < -0.3 is 15.2 Å². The first-order chi connectivity index (χ1) is 19.1. The molecule has 0 unspecified atom stereocenters. The van der Waals surface area contributed by atoms with Gasteiger partial charge in [-0.25, -0.2) is 4.99 Å². The van der Waals surface area contributed by atoms with Crippen LogP contribution >= 0.6 is 0 Å². The van der Waals surface area contributed by atoms with Crippen LogP contribution in [-0.4, -0.2) is 47.1 Å². The van der Waals surface area contributed by atoms with Crippen molar-refractivity contribution >= 4 is 23.3 Å². The fourth-order valence-corrected chi connectivity index (χ4v) is 5.50. The minimum atomic E-state index is -0.772. The van der Waals surface area contributed by atoms with E-state index in [4.69, 9.17) is 9.84 Å². The van der Waals surface area contributed by atoms with Crippen molar-refractivity contribution in [2.45, 2.75) is 83.1 Å². The molecule has 1 saturated carbocycles. The molecule has 2 aliphatic rings. The number of pyridine rings is 1. The number of hydrogen-bond donors (Lipinski definition) is 2. The zero-order chi connectivity index (χ0) is 27.3. The normalized spacial score (nSPS) is 17.9. The zero-order valence-corrected chi connectivity index (χ0v) is 22.8. The second-order valence-corrected chi connectivity index (χ2v) is 10.6. The highest BCUT2D eigenvalue weighted by Gasteiger charge is 2.28. The molecular formula is C32H41N3O4. The lowest BCUT2D eigenvalue weighted by Gasteiger charge is -2.21. The van der Waals surface area contributed by atoms with E-state index < -0.39 is 12.0 Å². The average molecular weight is 532 g/mol. The molecule has 0 spiro atoms. The number of allylic oxidation sites excluding steroid dienone is 1. The first-order valence-electron chi connectivity index (χ1n) is 14.5. The SMILES string of the molecule is O=C(O)CCCCC=C(c1cccnc1)c1ccccc1C1=N[C@H](C(=O)NCCCCC2CCCCC2)CO1. The molecule has 4 rings (SSSR count). The van der Waals surface area contributed by atoms with Crippen molar-refractivity contribution in [1.29, 1.82) is 0 Å². The number of amides is 1. The van der Waals surface area contributed by atoms with Gasteiger partial charge in [0, 0.05) is 36.5 Å². The number of carbonyl (C=O) groups is 2. The number of nitrogens with one attached hydrogen (secondary N) is 1. The molecule has 1 aromatic heterocycles. The van der Waals surface area contributed by atoms with Gasteiger partial charge in [0.25, 0.3) is 0 Å². The van der Waals surface area contributed by atoms with Crippen LogP contribution < -0.4 is 5.32 Å². The molecule has 1 amide bonds. The Kier molecular flexibility index (Phi) is 11.1. The molecule has 39 heavy (non-hydrogen) atoms. The van der Waals surface area contributed by atoms with Crippen molar-refractivity contribution in [2.24, 2.45) is 10.9 Å². The van der Waals surface area contributed by atoms with E-state index in [2.05, 4.69) is 21.4 Å². The minimum absolute atomic E-state index is 0.0818. The first-order valence-corrected chi connectivity index (χ1v) is 14.5. The van der Waals surface area contributed by atoms with Crippen LogP contribution in [0.2, 0.25) is 0 Å². The van der Waals surface area contributed by atoms with Crippen LogP contribution in [0.1, 0.15) is 93.7 Å². The van der Waals surface area contributed by atoms with Gasteiger partial charge in [-0.1, -0.05) is 75.3 Å². The van der Waals surface area contributed by atoms with Gasteiger partial charge in [0.2, 0.25) is 11.8 Å². The quantitative estimate of drug-likeness (QED) is 0.284. The van der Waals surface area contributed by atoms with Crippen molar-refractivity contribution in [3.05, 3.63) is 71.6 Å². The number of benzene rings is 1. The predicted molar refractivity (Wildman–Crippen MR) is 154 cm³/mol. The highest BCUT2D eigenvalue weighted by molar-refractivity contribution is 6.03. The maximum absolute atomic E-state index is 12.8. The lowest BCUT2D eigenvalue weighted by Crippen LogP contribution is -2.34. The summed E-state index contributed by atoms with van der Waals surface area (Å²) in [6.45, 7) is 0.915. The molecule has 2 N–H and O–H groups in total. The number of carboxylic acid groups (broad SMARTS) is 1. The van der Waals surface area contributed by atoms with E-state index in [9.17, 15) is 9.59 Å². The van der Waals surface area contributed by atoms with Crippen LogP contribution in [-0.2, 0) is 14.3 Å². The molecule has 0 radical (unpaired) electrons. The molecule has 2 heterocycles. The maximum Gasteiger partial charge on any atom is 0.303 e. The third-order valence-electron chi connectivity index (χ3n) is 7.63. The summed E-state index contributed by atoms with van der Waals surface area (Å²) >= 11 is 0. The van der Waals surface area contributed by atoms with E-state index in [0.717, 1.165) is 53.9 Å². The van der Waals surface area contributed by atoms with Crippen LogP contribution in [0.3, 0.4) is 0 Å². The molecule has 1 aliphatic heterocycles. The smallest absolute Gasteiger partial charge is 0.303 e. The topological polar surface area (TPSA) is 101 Å². The van der Waals surface area contributed by atoms with E-state index in [0.29, 0.717) is 18.9 Å². The second-order valence-electron chi connectivity index (χ2n) is 10.6. The van der Waals surface area contributed by atoms with E-state index >= 15 is 0 Å². The Morgan fingerprint density at radius 1 is 1.03 bits per heavy atom. The van der Waals surface area contributed by atoms with Gasteiger partial charge in [-0.15, -0.1) is 0 Å². The number of carbonyl (C=O) groups excluding carboxylic acids is 1. The Morgan fingerprint density at radius 3 is 2.67 bits per heavy atom. The molecule has 2 aromatic rings. The van der Waals surface area contributed by atoms with Crippen molar-refractivity contribution in [3.63, 3.8) is 0 Å². The van der Waals surface area contributed by atoms with Crippen molar-refractivity contribution < 1.29 is 19.4 Å². The molecule has 208 valence electrons. The number of rotatable bonds is 14. The Labute approximate surface area is 231 Å². The Morgan fingerprint density at radius 2 is 1.87 bits per heavy atom. The number of hydrogen-bond acceptors (Lipinski definition) is 5.